The summed E-state index contributed by atoms with van der Waals surface area (Å²) in [6.07, 6.45) is 3.61. The fourth-order valence-electron chi connectivity index (χ4n) is 2.72. The van der Waals surface area contributed by atoms with Crippen LogP contribution in [0.5, 0.6) is 0 Å². The van der Waals surface area contributed by atoms with E-state index in [4.69, 9.17) is 4.98 Å². The summed E-state index contributed by atoms with van der Waals surface area (Å²) in [6, 6.07) is 7.32. The highest BCUT2D eigenvalue weighted by Crippen LogP contribution is 2.38. The molecule has 1 saturated carbocycles. The number of aromatic nitrogens is 2. The monoisotopic (exact) mass is 271 g/mol. The average molecular weight is 271 g/mol. The number of benzene rings is 1. The molecule has 3 nitrogen and oxygen atoms in total. The lowest BCUT2D eigenvalue weighted by Crippen LogP contribution is -2.37. The van der Waals surface area contributed by atoms with Crippen molar-refractivity contribution in [1.82, 2.24) is 14.9 Å². The van der Waals surface area contributed by atoms with Crippen molar-refractivity contribution in [1.29, 1.82) is 0 Å². The fourth-order valence-corrected chi connectivity index (χ4v) is 2.72. The second kappa shape index (κ2) is 4.88. The van der Waals surface area contributed by atoms with Gasteiger partial charge in [-0.2, -0.15) is 0 Å². The number of hydrogen-bond acceptors (Lipinski definition) is 2. The smallest absolute Gasteiger partial charge is 0.111 e. The van der Waals surface area contributed by atoms with Crippen LogP contribution in [0.1, 0.15) is 51.0 Å². The molecule has 0 unspecified atom stereocenters. The van der Waals surface area contributed by atoms with Gasteiger partial charge in [0.05, 0.1) is 11.0 Å². The fraction of sp³-hybridized carbons (Fsp3) is 0.588. The Morgan fingerprint density at radius 3 is 2.70 bits per heavy atom. The van der Waals surface area contributed by atoms with Crippen molar-refractivity contribution in [3.63, 3.8) is 0 Å². The van der Waals surface area contributed by atoms with E-state index in [1.165, 1.54) is 29.7 Å². The Bertz CT molecular complexity index is 615. The van der Waals surface area contributed by atoms with E-state index in [1.807, 2.05) is 0 Å². The van der Waals surface area contributed by atoms with E-state index >= 15 is 0 Å². The summed E-state index contributed by atoms with van der Waals surface area (Å²) in [5.41, 5.74) is 3.93. The van der Waals surface area contributed by atoms with Crippen LogP contribution in [-0.2, 0) is 6.42 Å². The van der Waals surface area contributed by atoms with Gasteiger partial charge in [-0.3, -0.25) is 0 Å². The lowest BCUT2D eigenvalue weighted by molar-refractivity contribution is 0.425. The van der Waals surface area contributed by atoms with E-state index in [1.54, 1.807) is 0 Å². The molecule has 0 radical (unpaired) electrons. The molecule has 1 N–H and O–H groups in total. The molecule has 3 heteroatoms. The van der Waals surface area contributed by atoms with Crippen LogP contribution in [-0.4, -0.2) is 21.6 Å². The first-order chi connectivity index (χ1) is 9.44. The molecule has 3 rings (SSSR count). The maximum absolute atomic E-state index is 4.88. The van der Waals surface area contributed by atoms with Crippen LogP contribution in [0.3, 0.4) is 0 Å². The van der Waals surface area contributed by atoms with Crippen LogP contribution in [0.15, 0.2) is 18.2 Å². The Morgan fingerprint density at radius 2 is 2.05 bits per heavy atom. The third-order valence-electron chi connectivity index (χ3n) is 3.83. The Morgan fingerprint density at radius 1 is 1.30 bits per heavy atom. The molecule has 0 saturated heterocycles. The Kier molecular flexibility index (Phi) is 3.33. The van der Waals surface area contributed by atoms with Crippen LogP contribution in [0.25, 0.3) is 11.0 Å². The summed E-state index contributed by atoms with van der Waals surface area (Å²) in [5.74, 6) is 1.24. The van der Waals surface area contributed by atoms with Gasteiger partial charge in [-0.05, 0) is 58.2 Å². The van der Waals surface area contributed by atoms with E-state index < -0.39 is 0 Å². The van der Waals surface area contributed by atoms with Gasteiger partial charge in [-0.25, -0.2) is 4.98 Å². The number of rotatable bonds is 4. The first kappa shape index (κ1) is 13.6. The maximum atomic E-state index is 4.88. The Labute approximate surface area is 121 Å². The molecule has 0 spiro atoms. The Hall–Kier alpha value is -1.35. The average Bonchev–Trinajstić information content (AvgIpc) is 3.10. The van der Waals surface area contributed by atoms with Gasteiger partial charge in [0.25, 0.3) is 0 Å². The normalized spacial score (nSPS) is 16.0. The molecule has 0 bridgehead atoms. The summed E-state index contributed by atoms with van der Waals surface area (Å²) >= 11 is 0. The summed E-state index contributed by atoms with van der Waals surface area (Å²) in [5, 5.41) is 3.56. The number of nitrogens with zero attached hydrogens (tertiary/aromatic N) is 2. The molecular formula is C17H25N3. The van der Waals surface area contributed by atoms with Crippen LogP contribution >= 0.6 is 0 Å². The summed E-state index contributed by atoms with van der Waals surface area (Å²) in [4.78, 5) is 4.88. The first-order valence-corrected chi connectivity index (χ1v) is 7.66. The van der Waals surface area contributed by atoms with E-state index in [0.717, 1.165) is 18.5 Å². The van der Waals surface area contributed by atoms with E-state index in [2.05, 4.69) is 55.8 Å². The van der Waals surface area contributed by atoms with Crippen LogP contribution in [0, 0.1) is 6.92 Å². The van der Waals surface area contributed by atoms with E-state index in [9.17, 15) is 0 Å². The van der Waals surface area contributed by atoms with Gasteiger partial charge in [-0.15, -0.1) is 0 Å². The summed E-state index contributed by atoms with van der Waals surface area (Å²) in [7, 11) is 0. The number of aryl methyl sites for hydroxylation is 1. The van der Waals surface area contributed by atoms with E-state index in [0.29, 0.717) is 6.04 Å². The third kappa shape index (κ3) is 2.88. The summed E-state index contributed by atoms with van der Waals surface area (Å²) in [6.45, 7) is 9.75. The SMILES string of the molecule is Cc1ccc2c(c1)nc(CCNC(C)(C)C)n2C1CC1. The minimum atomic E-state index is 0.174. The predicted molar refractivity (Wildman–Crippen MR) is 84.2 cm³/mol. The van der Waals surface area contributed by atoms with Gasteiger partial charge >= 0.3 is 0 Å². The molecular weight excluding hydrogens is 246 g/mol. The quantitative estimate of drug-likeness (QED) is 0.920. The van der Waals surface area contributed by atoms with Crippen molar-refractivity contribution in [2.45, 2.75) is 58.5 Å². The molecule has 1 aliphatic carbocycles. The largest absolute Gasteiger partial charge is 0.325 e. The molecule has 0 aliphatic heterocycles. The van der Waals surface area contributed by atoms with Crippen molar-refractivity contribution in [3.8, 4) is 0 Å². The van der Waals surface area contributed by atoms with Gasteiger partial charge in [0.1, 0.15) is 5.82 Å². The molecule has 2 aromatic rings. The molecule has 1 aromatic heterocycles. The van der Waals surface area contributed by atoms with Crippen LogP contribution in [0.4, 0.5) is 0 Å². The number of hydrogen-bond donors (Lipinski definition) is 1. The third-order valence-corrected chi connectivity index (χ3v) is 3.83. The molecule has 20 heavy (non-hydrogen) atoms. The zero-order valence-corrected chi connectivity index (χ0v) is 13.0. The lowest BCUT2D eigenvalue weighted by atomic mass is 10.1. The zero-order valence-electron chi connectivity index (χ0n) is 13.0. The van der Waals surface area contributed by atoms with Crippen molar-refractivity contribution in [2.24, 2.45) is 0 Å². The van der Waals surface area contributed by atoms with Crippen LogP contribution in [0.2, 0.25) is 0 Å². The van der Waals surface area contributed by atoms with Gasteiger partial charge in [0.2, 0.25) is 0 Å². The lowest BCUT2D eigenvalue weighted by Gasteiger charge is -2.20. The minimum absolute atomic E-state index is 0.174. The van der Waals surface area contributed by atoms with Crippen molar-refractivity contribution in [2.75, 3.05) is 6.54 Å². The van der Waals surface area contributed by atoms with Crippen molar-refractivity contribution < 1.29 is 0 Å². The number of fused-ring (bicyclic) bond motifs is 1. The second-order valence-corrected chi connectivity index (χ2v) is 7.05. The van der Waals surface area contributed by atoms with Crippen LogP contribution < -0.4 is 5.32 Å². The number of nitrogens with one attached hydrogen (secondary N) is 1. The molecule has 1 aromatic carbocycles. The highest BCUT2D eigenvalue weighted by Gasteiger charge is 2.28. The van der Waals surface area contributed by atoms with Gasteiger partial charge in [0.15, 0.2) is 0 Å². The topological polar surface area (TPSA) is 29.9 Å². The van der Waals surface area contributed by atoms with E-state index in [-0.39, 0.29) is 5.54 Å². The zero-order chi connectivity index (χ0) is 14.3. The van der Waals surface area contributed by atoms with Crippen molar-refractivity contribution in [3.05, 3.63) is 29.6 Å². The highest BCUT2D eigenvalue weighted by molar-refractivity contribution is 5.77. The molecule has 0 amide bonds. The molecule has 1 aliphatic rings. The predicted octanol–water partition coefficient (Wildman–Crippen LogP) is 3.61. The van der Waals surface area contributed by atoms with Gasteiger partial charge < -0.3 is 9.88 Å². The molecule has 1 fully saturated rings. The summed E-state index contributed by atoms with van der Waals surface area (Å²) < 4.78 is 2.47. The Balaban J connectivity index is 1.87. The minimum Gasteiger partial charge on any atom is -0.325 e. The van der Waals surface area contributed by atoms with Crippen molar-refractivity contribution >= 4 is 11.0 Å². The van der Waals surface area contributed by atoms with Gasteiger partial charge in [-0.1, -0.05) is 6.07 Å². The molecule has 1 heterocycles. The first-order valence-electron chi connectivity index (χ1n) is 7.66. The molecule has 0 atom stereocenters. The molecule has 108 valence electrons. The second-order valence-electron chi connectivity index (χ2n) is 7.05. The number of imidazole rings is 1. The standard InChI is InChI=1S/C17H25N3/c1-12-5-8-15-14(11-12)19-16(20(15)13-6-7-13)9-10-18-17(2,3)4/h5,8,11,13,18H,6-7,9-10H2,1-4H3. The maximum Gasteiger partial charge on any atom is 0.111 e. The highest BCUT2D eigenvalue weighted by atomic mass is 15.1. The van der Waals surface area contributed by atoms with Gasteiger partial charge in [0, 0.05) is 24.5 Å².